The first-order valence-electron chi connectivity index (χ1n) is 5.81. The number of amides is 1. The number of carbonyl (C=O) groups excluding carboxylic acids is 1. The molecular formula is C12H16BrN3O2. The second-order valence-electron chi connectivity index (χ2n) is 4.19. The molecule has 1 aromatic rings. The fraction of sp³-hybridized carbons (Fsp3) is 0.500. The van der Waals surface area contributed by atoms with Gasteiger partial charge in [0.1, 0.15) is 11.9 Å². The van der Waals surface area contributed by atoms with E-state index in [1.165, 1.54) is 0 Å². The van der Waals surface area contributed by atoms with E-state index in [0.29, 0.717) is 19.8 Å². The van der Waals surface area contributed by atoms with Crippen LogP contribution in [-0.2, 0) is 9.53 Å². The Hall–Kier alpha value is -1.14. The minimum absolute atomic E-state index is 0.0444. The zero-order valence-corrected chi connectivity index (χ0v) is 12.0. The van der Waals surface area contributed by atoms with E-state index < -0.39 is 0 Å². The maximum atomic E-state index is 11.8. The molecule has 1 N–H and O–H groups in total. The Morgan fingerprint density at radius 3 is 3.11 bits per heavy atom. The Morgan fingerprint density at radius 1 is 1.67 bits per heavy atom. The number of aryl methyl sites for hydroxylation is 1. The van der Waals surface area contributed by atoms with Crippen molar-refractivity contribution in [2.75, 3.05) is 31.7 Å². The number of carbonyl (C=O) groups is 1. The van der Waals surface area contributed by atoms with Crippen LogP contribution < -0.4 is 10.2 Å². The van der Waals surface area contributed by atoms with Crippen molar-refractivity contribution in [3.05, 3.63) is 22.3 Å². The third-order valence-electron chi connectivity index (χ3n) is 3.00. The first-order valence-corrected chi connectivity index (χ1v) is 6.61. The molecule has 98 valence electrons. The number of anilines is 1. The Bertz CT molecular complexity index is 453. The maximum absolute atomic E-state index is 11.8. The number of nitrogens with one attached hydrogen (secondary N) is 1. The van der Waals surface area contributed by atoms with Crippen molar-refractivity contribution in [1.29, 1.82) is 0 Å². The molecular weight excluding hydrogens is 298 g/mol. The number of hydrogen-bond donors (Lipinski definition) is 1. The highest BCUT2D eigenvalue weighted by Gasteiger charge is 2.29. The summed E-state index contributed by atoms with van der Waals surface area (Å²) in [7, 11) is 1.63. The molecule has 0 spiro atoms. The van der Waals surface area contributed by atoms with Gasteiger partial charge in [-0.15, -0.1) is 0 Å². The van der Waals surface area contributed by atoms with E-state index >= 15 is 0 Å². The summed E-state index contributed by atoms with van der Waals surface area (Å²) < 4.78 is 6.34. The van der Waals surface area contributed by atoms with Crippen molar-refractivity contribution in [3.63, 3.8) is 0 Å². The number of morpholine rings is 1. The summed E-state index contributed by atoms with van der Waals surface area (Å²) in [6.45, 7) is 3.69. The van der Waals surface area contributed by atoms with Crippen LogP contribution in [0.2, 0.25) is 0 Å². The summed E-state index contributed by atoms with van der Waals surface area (Å²) >= 11 is 3.43. The molecule has 1 aliphatic heterocycles. The van der Waals surface area contributed by atoms with Gasteiger partial charge in [-0.05, 0) is 34.5 Å². The van der Waals surface area contributed by atoms with Crippen molar-refractivity contribution in [2.45, 2.75) is 13.0 Å². The lowest BCUT2D eigenvalue weighted by Gasteiger charge is -2.35. The van der Waals surface area contributed by atoms with Crippen LogP contribution in [0.3, 0.4) is 0 Å². The number of nitrogens with zero attached hydrogens (tertiary/aromatic N) is 2. The van der Waals surface area contributed by atoms with Gasteiger partial charge in [-0.3, -0.25) is 4.79 Å². The predicted molar refractivity (Wildman–Crippen MR) is 72.7 cm³/mol. The molecule has 2 heterocycles. The van der Waals surface area contributed by atoms with Gasteiger partial charge in [0.05, 0.1) is 13.2 Å². The molecule has 18 heavy (non-hydrogen) atoms. The lowest BCUT2D eigenvalue weighted by atomic mass is 10.2. The monoisotopic (exact) mass is 313 g/mol. The normalized spacial score (nSPS) is 19.7. The molecule has 1 atom stereocenters. The minimum Gasteiger partial charge on any atom is -0.377 e. The van der Waals surface area contributed by atoms with E-state index in [2.05, 4.69) is 26.2 Å². The first kappa shape index (κ1) is 13.3. The number of ether oxygens (including phenoxy) is 1. The van der Waals surface area contributed by atoms with E-state index in [4.69, 9.17) is 4.74 Å². The van der Waals surface area contributed by atoms with Crippen molar-refractivity contribution in [3.8, 4) is 0 Å². The topological polar surface area (TPSA) is 54.5 Å². The largest absolute Gasteiger partial charge is 0.377 e. The second kappa shape index (κ2) is 5.67. The van der Waals surface area contributed by atoms with E-state index in [1.54, 1.807) is 13.2 Å². The van der Waals surface area contributed by atoms with Crippen LogP contribution in [0.25, 0.3) is 0 Å². The molecule has 2 rings (SSSR count). The summed E-state index contributed by atoms with van der Waals surface area (Å²) in [5.74, 6) is 0.768. The first-order chi connectivity index (χ1) is 8.63. The summed E-state index contributed by atoms with van der Waals surface area (Å²) in [6.07, 6.45) is 1.76. The van der Waals surface area contributed by atoms with Crippen LogP contribution in [0.15, 0.2) is 16.7 Å². The average Bonchev–Trinajstić information content (AvgIpc) is 2.41. The van der Waals surface area contributed by atoms with E-state index in [1.807, 2.05) is 17.9 Å². The summed E-state index contributed by atoms with van der Waals surface area (Å²) in [6, 6.07) is 1.67. The SMILES string of the molecule is CNC(=O)C1COCCN1c1cc(C)c(Br)cn1. The van der Waals surface area contributed by atoms with Gasteiger partial charge in [-0.2, -0.15) is 0 Å². The molecule has 0 aliphatic carbocycles. The molecule has 1 fully saturated rings. The van der Waals surface area contributed by atoms with Gasteiger partial charge in [-0.25, -0.2) is 4.98 Å². The molecule has 1 saturated heterocycles. The fourth-order valence-electron chi connectivity index (χ4n) is 1.94. The molecule has 0 bridgehead atoms. The van der Waals surface area contributed by atoms with Crippen LogP contribution >= 0.6 is 15.9 Å². The number of halogens is 1. The van der Waals surface area contributed by atoms with Gasteiger partial charge in [-0.1, -0.05) is 0 Å². The van der Waals surface area contributed by atoms with Crippen LogP contribution in [0, 0.1) is 6.92 Å². The molecule has 0 saturated carbocycles. The lowest BCUT2D eigenvalue weighted by molar-refractivity contribution is -0.124. The molecule has 1 aromatic heterocycles. The van der Waals surface area contributed by atoms with Crippen LogP contribution in [0.1, 0.15) is 5.56 Å². The average molecular weight is 314 g/mol. The summed E-state index contributed by atoms with van der Waals surface area (Å²) in [5.41, 5.74) is 1.10. The van der Waals surface area contributed by atoms with E-state index in [0.717, 1.165) is 15.9 Å². The predicted octanol–water partition coefficient (Wildman–Crippen LogP) is 1.10. The van der Waals surface area contributed by atoms with Gasteiger partial charge in [0.25, 0.3) is 0 Å². The Kier molecular flexibility index (Phi) is 4.19. The van der Waals surface area contributed by atoms with Crippen LogP contribution in [-0.4, -0.2) is 43.7 Å². The number of likely N-dealkylation sites (N-methyl/N-ethyl adjacent to an activating group) is 1. The van der Waals surface area contributed by atoms with Gasteiger partial charge in [0, 0.05) is 24.3 Å². The third kappa shape index (κ3) is 2.64. The minimum atomic E-state index is -0.308. The standard InChI is InChI=1S/C12H16BrN3O2/c1-8-5-11(15-6-9(8)13)16-3-4-18-7-10(16)12(17)14-2/h5-6,10H,3-4,7H2,1-2H3,(H,14,17). The van der Waals surface area contributed by atoms with Crippen molar-refractivity contribution in [2.24, 2.45) is 0 Å². The molecule has 1 unspecified atom stereocenters. The summed E-state index contributed by atoms with van der Waals surface area (Å²) in [4.78, 5) is 18.2. The number of rotatable bonds is 2. The summed E-state index contributed by atoms with van der Waals surface area (Å²) in [5, 5.41) is 2.66. The van der Waals surface area contributed by atoms with Gasteiger partial charge < -0.3 is 15.0 Å². The quantitative estimate of drug-likeness (QED) is 0.888. The highest BCUT2D eigenvalue weighted by Crippen LogP contribution is 2.22. The molecule has 0 aromatic carbocycles. The van der Waals surface area contributed by atoms with E-state index in [9.17, 15) is 4.79 Å². The van der Waals surface area contributed by atoms with Gasteiger partial charge >= 0.3 is 0 Å². The number of pyridine rings is 1. The van der Waals surface area contributed by atoms with Crippen LogP contribution in [0.4, 0.5) is 5.82 Å². The van der Waals surface area contributed by atoms with Crippen molar-refractivity contribution >= 4 is 27.7 Å². The Balaban J connectivity index is 2.27. The highest BCUT2D eigenvalue weighted by molar-refractivity contribution is 9.10. The molecule has 5 nitrogen and oxygen atoms in total. The van der Waals surface area contributed by atoms with Gasteiger partial charge in [0.2, 0.25) is 5.91 Å². The molecule has 6 heteroatoms. The third-order valence-corrected chi connectivity index (χ3v) is 3.83. The van der Waals surface area contributed by atoms with Crippen molar-refractivity contribution in [1.82, 2.24) is 10.3 Å². The Morgan fingerprint density at radius 2 is 2.44 bits per heavy atom. The fourth-order valence-corrected chi connectivity index (χ4v) is 2.16. The second-order valence-corrected chi connectivity index (χ2v) is 5.04. The zero-order chi connectivity index (χ0) is 13.1. The highest BCUT2D eigenvalue weighted by atomic mass is 79.9. The maximum Gasteiger partial charge on any atom is 0.244 e. The molecule has 1 aliphatic rings. The molecule has 1 amide bonds. The van der Waals surface area contributed by atoms with Crippen molar-refractivity contribution < 1.29 is 9.53 Å². The number of aromatic nitrogens is 1. The van der Waals surface area contributed by atoms with Gasteiger partial charge in [0.15, 0.2) is 0 Å². The smallest absolute Gasteiger partial charge is 0.244 e. The Labute approximate surface area is 115 Å². The lowest BCUT2D eigenvalue weighted by Crippen LogP contribution is -2.53. The van der Waals surface area contributed by atoms with E-state index in [-0.39, 0.29) is 11.9 Å². The number of hydrogen-bond acceptors (Lipinski definition) is 4. The van der Waals surface area contributed by atoms with Crippen LogP contribution in [0.5, 0.6) is 0 Å². The zero-order valence-electron chi connectivity index (χ0n) is 10.4. The molecule has 0 radical (unpaired) electrons.